The van der Waals surface area contributed by atoms with Crippen LogP contribution in [0.1, 0.15) is 56.9 Å². The normalized spacial score (nSPS) is 12.3. The first-order valence-corrected chi connectivity index (χ1v) is 7.75. The van der Waals surface area contributed by atoms with Gasteiger partial charge in [0.2, 0.25) is 0 Å². The summed E-state index contributed by atoms with van der Waals surface area (Å²) in [6, 6.07) is 0. The Balaban J connectivity index is 2.99. The van der Waals surface area contributed by atoms with Crippen LogP contribution in [0.4, 0.5) is 0 Å². The van der Waals surface area contributed by atoms with Crippen LogP contribution in [0.25, 0.3) is 0 Å². The number of pyridine rings is 1. The summed E-state index contributed by atoms with van der Waals surface area (Å²) in [6.07, 6.45) is 10.8. The number of aromatic amines is 1. The number of aromatic hydroxyl groups is 1. The molecule has 116 valence electrons. The van der Waals surface area contributed by atoms with Gasteiger partial charge in [-0.25, -0.2) is 0 Å². The Morgan fingerprint density at radius 3 is 2.62 bits per heavy atom. The second-order valence-electron chi connectivity index (χ2n) is 5.47. The van der Waals surface area contributed by atoms with Crippen molar-refractivity contribution in [1.29, 1.82) is 0 Å². The molecular weight excluding hydrogens is 262 g/mol. The van der Waals surface area contributed by atoms with Crippen LogP contribution in [-0.4, -0.2) is 10.1 Å². The molecule has 0 spiro atoms. The van der Waals surface area contributed by atoms with Gasteiger partial charge in [-0.1, -0.05) is 44.1 Å². The molecule has 0 fully saturated rings. The Hall–Kier alpha value is -1.77. The summed E-state index contributed by atoms with van der Waals surface area (Å²) in [5, 5.41) is 10.2. The second kappa shape index (κ2) is 8.50. The molecule has 0 aliphatic heterocycles. The third-order valence-corrected chi connectivity index (χ3v) is 3.61. The van der Waals surface area contributed by atoms with Gasteiger partial charge in [-0.15, -0.1) is 0 Å². The molecule has 0 aromatic carbocycles. The van der Waals surface area contributed by atoms with Crippen LogP contribution in [0.15, 0.2) is 28.6 Å². The molecule has 0 aliphatic rings. The van der Waals surface area contributed by atoms with E-state index in [2.05, 4.69) is 44.0 Å². The quantitative estimate of drug-likeness (QED) is 0.740. The monoisotopic (exact) mass is 289 g/mol. The van der Waals surface area contributed by atoms with Crippen molar-refractivity contribution in [2.24, 2.45) is 0 Å². The van der Waals surface area contributed by atoms with Gasteiger partial charge in [0.05, 0.1) is 5.56 Å². The Kier molecular flexibility index (Phi) is 7.00. The van der Waals surface area contributed by atoms with Crippen molar-refractivity contribution in [2.45, 2.75) is 59.8 Å². The first-order chi connectivity index (χ1) is 10.0. The summed E-state index contributed by atoms with van der Waals surface area (Å²) >= 11 is 0. The number of rotatable bonds is 7. The van der Waals surface area contributed by atoms with Crippen LogP contribution in [0, 0.1) is 6.92 Å². The van der Waals surface area contributed by atoms with E-state index in [0.29, 0.717) is 12.0 Å². The summed E-state index contributed by atoms with van der Waals surface area (Å²) in [5.74, 6) is 0.160. The van der Waals surface area contributed by atoms with Gasteiger partial charge in [-0.3, -0.25) is 4.79 Å². The van der Waals surface area contributed by atoms with Gasteiger partial charge < -0.3 is 10.1 Å². The Morgan fingerprint density at radius 1 is 1.29 bits per heavy atom. The van der Waals surface area contributed by atoms with E-state index < -0.39 is 0 Å². The lowest BCUT2D eigenvalue weighted by Gasteiger charge is -2.11. The minimum Gasteiger partial charge on any atom is -0.507 e. The van der Waals surface area contributed by atoms with Gasteiger partial charge in [-0.05, 0) is 33.1 Å². The summed E-state index contributed by atoms with van der Waals surface area (Å²) in [7, 11) is 0. The molecule has 0 bridgehead atoms. The fourth-order valence-electron chi connectivity index (χ4n) is 2.27. The third kappa shape index (κ3) is 4.92. The number of hydrogen-bond donors (Lipinski definition) is 2. The predicted molar refractivity (Wildman–Crippen MR) is 89.0 cm³/mol. The summed E-state index contributed by atoms with van der Waals surface area (Å²) < 4.78 is 0. The standard InChI is InChI=1S/C18H27NO2/c1-5-7-8-10-13(3)11-12-16-15(9-6-2)17(20)14(4)18(21)19-16/h7-8,11H,5-6,9-10,12H2,1-4H3,(H2,19,20,21). The van der Waals surface area contributed by atoms with Gasteiger partial charge in [0, 0.05) is 17.7 Å². The molecular formula is C18H27NO2. The maximum atomic E-state index is 11.8. The van der Waals surface area contributed by atoms with E-state index in [-0.39, 0.29) is 11.3 Å². The molecule has 3 nitrogen and oxygen atoms in total. The zero-order chi connectivity index (χ0) is 15.8. The van der Waals surface area contributed by atoms with E-state index in [9.17, 15) is 9.90 Å². The van der Waals surface area contributed by atoms with Crippen molar-refractivity contribution in [3.8, 4) is 5.75 Å². The van der Waals surface area contributed by atoms with E-state index >= 15 is 0 Å². The number of hydrogen-bond acceptors (Lipinski definition) is 2. The molecule has 0 amide bonds. The van der Waals surface area contributed by atoms with E-state index in [1.807, 2.05) is 0 Å². The van der Waals surface area contributed by atoms with E-state index in [0.717, 1.165) is 36.9 Å². The van der Waals surface area contributed by atoms with Crippen LogP contribution in [0.2, 0.25) is 0 Å². The zero-order valence-corrected chi connectivity index (χ0v) is 13.6. The molecule has 3 heteroatoms. The molecule has 0 atom stereocenters. The number of H-pyrrole nitrogens is 1. The smallest absolute Gasteiger partial charge is 0.254 e. The van der Waals surface area contributed by atoms with Crippen molar-refractivity contribution >= 4 is 0 Å². The highest BCUT2D eigenvalue weighted by Crippen LogP contribution is 2.23. The molecule has 0 radical (unpaired) electrons. The molecule has 1 aromatic heterocycles. The van der Waals surface area contributed by atoms with E-state index in [1.165, 1.54) is 5.57 Å². The van der Waals surface area contributed by atoms with Crippen molar-refractivity contribution in [1.82, 2.24) is 4.98 Å². The molecule has 2 N–H and O–H groups in total. The minimum atomic E-state index is -0.195. The number of allylic oxidation sites excluding steroid dienone is 4. The van der Waals surface area contributed by atoms with Crippen molar-refractivity contribution in [3.05, 3.63) is 51.0 Å². The van der Waals surface area contributed by atoms with Gasteiger partial charge in [-0.2, -0.15) is 0 Å². The molecule has 0 aliphatic carbocycles. The van der Waals surface area contributed by atoms with Crippen molar-refractivity contribution in [3.63, 3.8) is 0 Å². The average Bonchev–Trinajstić information content (AvgIpc) is 2.46. The van der Waals surface area contributed by atoms with E-state index in [4.69, 9.17) is 0 Å². The summed E-state index contributed by atoms with van der Waals surface area (Å²) in [4.78, 5) is 14.7. The lowest BCUT2D eigenvalue weighted by molar-refractivity contribution is 0.459. The van der Waals surface area contributed by atoms with Crippen LogP contribution < -0.4 is 5.56 Å². The fraction of sp³-hybridized carbons (Fsp3) is 0.500. The highest BCUT2D eigenvalue weighted by Gasteiger charge is 2.12. The van der Waals surface area contributed by atoms with E-state index in [1.54, 1.807) is 6.92 Å². The first-order valence-electron chi connectivity index (χ1n) is 7.75. The minimum absolute atomic E-state index is 0.160. The highest BCUT2D eigenvalue weighted by atomic mass is 16.3. The van der Waals surface area contributed by atoms with Gasteiger partial charge in [0.15, 0.2) is 0 Å². The molecule has 0 saturated carbocycles. The Morgan fingerprint density at radius 2 is 2.00 bits per heavy atom. The third-order valence-electron chi connectivity index (χ3n) is 3.61. The van der Waals surface area contributed by atoms with Crippen LogP contribution >= 0.6 is 0 Å². The maximum Gasteiger partial charge on any atom is 0.254 e. The van der Waals surface area contributed by atoms with Gasteiger partial charge in [0.1, 0.15) is 5.75 Å². The largest absolute Gasteiger partial charge is 0.507 e. The number of aromatic nitrogens is 1. The molecule has 0 saturated heterocycles. The van der Waals surface area contributed by atoms with Crippen molar-refractivity contribution < 1.29 is 5.11 Å². The molecule has 0 unspecified atom stereocenters. The number of nitrogens with one attached hydrogen (secondary N) is 1. The van der Waals surface area contributed by atoms with Crippen LogP contribution in [0.5, 0.6) is 5.75 Å². The second-order valence-corrected chi connectivity index (χ2v) is 5.47. The highest BCUT2D eigenvalue weighted by molar-refractivity contribution is 5.41. The molecule has 1 aromatic rings. The zero-order valence-electron chi connectivity index (χ0n) is 13.6. The molecule has 21 heavy (non-hydrogen) atoms. The Bertz CT molecular complexity index is 580. The summed E-state index contributed by atoms with van der Waals surface area (Å²) in [6.45, 7) is 7.94. The topological polar surface area (TPSA) is 53.1 Å². The molecule has 1 heterocycles. The lowest BCUT2D eigenvalue weighted by Crippen LogP contribution is -2.15. The first kappa shape index (κ1) is 17.3. The van der Waals surface area contributed by atoms with Crippen LogP contribution in [-0.2, 0) is 12.8 Å². The van der Waals surface area contributed by atoms with Crippen molar-refractivity contribution in [2.75, 3.05) is 0 Å². The Labute approximate surface area is 127 Å². The summed E-state index contributed by atoms with van der Waals surface area (Å²) in [5.41, 5.74) is 3.20. The molecule has 1 rings (SSSR count). The maximum absolute atomic E-state index is 11.8. The predicted octanol–water partition coefficient (Wildman–Crippen LogP) is 4.19. The van der Waals surface area contributed by atoms with Gasteiger partial charge in [0.25, 0.3) is 5.56 Å². The van der Waals surface area contributed by atoms with Gasteiger partial charge >= 0.3 is 0 Å². The van der Waals surface area contributed by atoms with Crippen LogP contribution in [0.3, 0.4) is 0 Å². The lowest BCUT2D eigenvalue weighted by atomic mass is 10.0. The average molecular weight is 289 g/mol. The SMILES string of the molecule is CCC=CCC(C)=CCc1[nH]c(=O)c(C)c(O)c1CCC. The fourth-order valence-corrected chi connectivity index (χ4v) is 2.27.